The zero-order valence-electron chi connectivity index (χ0n) is 14.8. The maximum atomic E-state index is 12.6. The van der Waals surface area contributed by atoms with Gasteiger partial charge in [0.1, 0.15) is 5.01 Å². The topological polar surface area (TPSA) is 67.8 Å². The number of benzene rings is 1. The van der Waals surface area contributed by atoms with Crippen molar-refractivity contribution in [2.75, 3.05) is 5.32 Å². The van der Waals surface area contributed by atoms with Gasteiger partial charge < -0.3 is 0 Å². The fraction of sp³-hybridized carbons (Fsp3) is 0.368. The summed E-state index contributed by atoms with van der Waals surface area (Å²) >= 11 is 1.44. The number of nitrogens with zero attached hydrogens (tertiary/aromatic N) is 3. The number of carbonyl (C=O) groups is 1. The summed E-state index contributed by atoms with van der Waals surface area (Å²) < 4.78 is 0. The van der Waals surface area contributed by atoms with E-state index in [1.807, 2.05) is 38.1 Å². The molecule has 2 aromatic heterocycles. The number of aromatic nitrogens is 3. The first-order valence-electron chi connectivity index (χ1n) is 8.58. The maximum absolute atomic E-state index is 12.6. The van der Waals surface area contributed by atoms with Crippen LogP contribution in [0.4, 0.5) is 5.13 Å². The van der Waals surface area contributed by atoms with Crippen LogP contribution in [0.2, 0.25) is 0 Å². The first-order valence-corrected chi connectivity index (χ1v) is 9.40. The predicted molar refractivity (Wildman–Crippen MR) is 102 cm³/mol. The summed E-state index contributed by atoms with van der Waals surface area (Å²) in [5, 5.41) is 13.6. The molecule has 1 aromatic carbocycles. The molecule has 0 radical (unpaired) electrons. The number of rotatable bonds is 6. The minimum atomic E-state index is -0.190. The van der Waals surface area contributed by atoms with Crippen molar-refractivity contribution in [1.82, 2.24) is 15.2 Å². The van der Waals surface area contributed by atoms with Crippen LogP contribution in [-0.2, 0) is 6.42 Å². The van der Waals surface area contributed by atoms with Gasteiger partial charge in [-0.1, -0.05) is 42.7 Å². The molecule has 1 amide bonds. The summed E-state index contributed by atoms with van der Waals surface area (Å²) in [6.07, 6.45) is 4.38. The van der Waals surface area contributed by atoms with E-state index in [-0.39, 0.29) is 5.91 Å². The van der Waals surface area contributed by atoms with Crippen LogP contribution in [0.15, 0.2) is 24.3 Å². The molecule has 0 aliphatic heterocycles. The average molecular weight is 354 g/mol. The smallest absolute Gasteiger partial charge is 0.259 e. The average Bonchev–Trinajstić information content (AvgIpc) is 3.02. The Morgan fingerprint density at radius 2 is 2.00 bits per heavy atom. The van der Waals surface area contributed by atoms with Crippen LogP contribution in [0.1, 0.15) is 52.8 Å². The zero-order valence-corrected chi connectivity index (χ0v) is 15.6. The SMILES string of the molecule is CCCCCc1nnc(NC(=O)c2cc3cc(C)ccc3nc2C)s1. The number of amides is 1. The largest absolute Gasteiger partial charge is 0.296 e. The van der Waals surface area contributed by atoms with E-state index in [9.17, 15) is 4.79 Å². The Hall–Kier alpha value is -2.34. The molecule has 0 saturated heterocycles. The first kappa shape index (κ1) is 17.5. The second kappa shape index (κ2) is 7.70. The fourth-order valence-electron chi connectivity index (χ4n) is 2.72. The van der Waals surface area contributed by atoms with E-state index >= 15 is 0 Å². The molecule has 0 spiro atoms. The lowest BCUT2D eigenvalue weighted by molar-refractivity contribution is 0.102. The quantitative estimate of drug-likeness (QED) is 0.652. The first-order chi connectivity index (χ1) is 12.1. The zero-order chi connectivity index (χ0) is 17.8. The third-order valence-electron chi connectivity index (χ3n) is 4.09. The Morgan fingerprint density at radius 3 is 2.80 bits per heavy atom. The highest BCUT2D eigenvalue weighted by Gasteiger charge is 2.14. The van der Waals surface area contributed by atoms with Gasteiger partial charge in [0, 0.05) is 11.8 Å². The van der Waals surface area contributed by atoms with Crippen LogP contribution in [0, 0.1) is 13.8 Å². The number of hydrogen-bond acceptors (Lipinski definition) is 5. The van der Waals surface area contributed by atoms with Crippen molar-refractivity contribution in [3.63, 3.8) is 0 Å². The van der Waals surface area contributed by atoms with Crippen molar-refractivity contribution in [2.45, 2.75) is 46.5 Å². The highest BCUT2D eigenvalue weighted by Crippen LogP contribution is 2.21. The maximum Gasteiger partial charge on any atom is 0.259 e. The van der Waals surface area contributed by atoms with Crippen LogP contribution >= 0.6 is 11.3 Å². The number of hydrogen-bond donors (Lipinski definition) is 1. The van der Waals surface area contributed by atoms with E-state index in [4.69, 9.17) is 0 Å². The lowest BCUT2D eigenvalue weighted by Crippen LogP contribution is -2.14. The molecular formula is C19H22N4OS. The third kappa shape index (κ3) is 4.20. The van der Waals surface area contributed by atoms with Crippen LogP contribution in [0.5, 0.6) is 0 Å². The van der Waals surface area contributed by atoms with Gasteiger partial charge in [-0.2, -0.15) is 0 Å². The number of aryl methyl sites for hydroxylation is 3. The summed E-state index contributed by atoms with van der Waals surface area (Å²) in [7, 11) is 0. The van der Waals surface area contributed by atoms with Crippen LogP contribution in [-0.4, -0.2) is 21.1 Å². The van der Waals surface area contributed by atoms with Crippen molar-refractivity contribution in [2.24, 2.45) is 0 Å². The summed E-state index contributed by atoms with van der Waals surface area (Å²) in [5.74, 6) is -0.190. The monoisotopic (exact) mass is 354 g/mol. The number of anilines is 1. The third-order valence-corrected chi connectivity index (χ3v) is 4.99. The summed E-state index contributed by atoms with van der Waals surface area (Å²) in [6, 6.07) is 7.93. The number of nitrogens with one attached hydrogen (secondary N) is 1. The van der Waals surface area contributed by atoms with Gasteiger partial charge in [0.25, 0.3) is 5.91 Å². The number of unbranched alkanes of at least 4 members (excludes halogenated alkanes) is 2. The predicted octanol–water partition coefficient (Wildman–Crippen LogP) is 4.69. The molecule has 0 saturated carbocycles. The summed E-state index contributed by atoms with van der Waals surface area (Å²) in [4.78, 5) is 17.2. The minimum absolute atomic E-state index is 0.190. The van der Waals surface area contributed by atoms with E-state index in [1.54, 1.807) is 0 Å². The molecule has 0 fully saturated rings. The Balaban J connectivity index is 1.77. The van der Waals surface area contributed by atoms with Crippen molar-refractivity contribution in [3.05, 3.63) is 46.1 Å². The van der Waals surface area contributed by atoms with Gasteiger partial charge in [-0.15, -0.1) is 10.2 Å². The molecule has 0 unspecified atom stereocenters. The Kier molecular flexibility index (Phi) is 5.38. The molecule has 1 N–H and O–H groups in total. The van der Waals surface area contributed by atoms with E-state index in [2.05, 4.69) is 27.4 Å². The molecule has 130 valence electrons. The molecule has 0 bridgehead atoms. The molecular weight excluding hydrogens is 332 g/mol. The molecule has 2 heterocycles. The Morgan fingerprint density at radius 1 is 1.16 bits per heavy atom. The molecule has 6 heteroatoms. The van der Waals surface area contributed by atoms with E-state index in [0.29, 0.717) is 16.4 Å². The minimum Gasteiger partial charge on any atom is -0.296 e. The van der Waals surface area contributed by atoms with Crippen molar-refractivity contribution >= 4 is 33.3 Å². The van der Waals surface area contributed by atoms with Gasteiger partial charge in [-0.05, 0) is 38.5 Å². The van der Waals surface area contributed by atoms with Gasteiger partial charge in [0.15, 0.2) is 0 Å². The molecule has 25 heavy (non-hydrogen) atoms. The van der Waals surface area contributed by atoms with Gasteiger partial charge in [0.2, 0.25) is 5.13 Å². The van der Waals surface area contributed by atoms with E-state index < -0.39 is 0 Å². The fourth-order valence-corrected chi connectivity index (χ4v) is 3.49. The highest BCUT2D eigenvalue weighted by molar-refractivity contribution is 7.15. The van der Waals surface area contributed by atoms with Crippen LogP contribution < -0.4 is 5.32 Å². The molecule has 3 aromatic rings. The molecule has 0 aliphatic rings. The van der Waals surface area contributed by atoms with E-state index in [0.717, 1.165) is 34.3 Å². The summed E-state index contributed by atoms with van der Waals surface area (Å²) in [5.41, 5.74) is 3.32. The lowest BCUT2D eigenvalue weighted by atomic mass is 10.1. The van der Waals surface area contributed by atoms with Gasteiger partial charge in [-0.3, -0.25) is 15.1 Å². The second-order valence-corrected chi connectivity index (χ2v) is 7.29. The molecule has 5 nitrogen and oxygen atoms in total. The van der Waals surface area contributed by atoms with Gasteiger partial charge in [0.05, 0.1) is 16.8 Å². The highest BCUT2D eigenvalue weighted by atomic mass is 32.1. The normalized spacial score (nSPS) is 11.0. The van der Waals surface area contributed by atoms with Crippen molar-refractivity contribution in [1.29, 1.82) is 0 Å². The second-order valence-electron chi connectivity index (χ2n) is 6.23. The van der Waals surface area contributed by atoms with Gasteiger partial charge >= 0.3 is 0 Å². The molecule has 0 atom stereocenters. The molecule has 0 aliphatic carbocycles. The Labute approximate surface area is 151 Å². The standard InChI is InChI=1S/C19H22N4OS/c1-4-5-6-7-17-22-23-19(25-17)21-18(24)15-11-14-10-12(2)8-9-16(14)20-13(15)3/h8-11H,4-7H2,1-3H3,(H,21,23,24). The van der Waals surface area contributed by atoms with Crippen LogP contribution in [0.25, 0.3) is 10.9 Å². The van der Waals surface area contributed by atoms with E-state index in [1.165, 1.54) is 24.2 Å². The Bertz CT molecular complexity index is 904. The summed E-state index contributed by atoms with van der Waals surface area (Å²) in [6.45, 7) is 6.05. The number of carbonyl (C=O) groups excluding carboxylic acids is 1. The molecule has 3 rings (SSSR count). The number of fused-ring (bicyclic) bond motifs is 1. The lowest BCUT2D eigenvalue weighted by Gasteiger charge is -2.07. The van der Waals surface area contributed by atoms with Crippen molar-refractivity contribution in [3.8, 4) is 0 Å². The number of pyridine rings is 1. The van der Waals surface area contributed by atoms with Crippen molar-refractivity contribution < 1.29 is 4.79 Å². The van der Waals surface area contributed by atoms with Gasteiger partial charge in [-0.25, -0.2) is 0 Å². The van der Waals surface area contributed by atoms with Crippen LogP contribution in [0.3, 0.4) is 0 Å².